The predicted molar refractivity (Wildman–Crippen MR) is 87.2 cm³/mol. The van der Waals surface area contributed by atoms with Crippen LogP contribution in [-0.4, -0.2) is 47.6 Å². The number of nitrogens with one attached hydrogen (secondary N) is 1. The van der Waals surface area contributed by atoms with E-state index in [1.54, 1.807) is 31.3 Å². The summed E-state index contributed by atoms with van der Waals surface area (Å²) in [6.45, 7) is 0.406. The molecule has 23 heavy (non-hydrogen) atoms. The molecule has 2 amide bonds. The molecule has 2 N–H and O–H groups in total. The summed E-state index contributed by atoms with van der Waals surface area (Å²) in [5.41, 5.74) is 0.879. The molecule has 1 fully saturated rings. The van der Waals surface area contributed by atoms with Crippen molar-refractivity contribution >= 4 is 11.8 Å². The van der Waals surface area contributed by atoms with Crippen LogP contribution >= 0.6 is 0 Å². The van der Waals surface area contributed by atoms with E-state index < -0.39 is 12.1 Å². The summed E-state index contributed by atoms with van der Waals surface area (Å²) in [7, 11) is 1.78. The zero-order chi connectivity index (χ0) is 16.4. The maximum Gasteiger partial charge on any atom is 0.261 e. The summed E-state index contributed by atoms with van der Waals surface area (Å²) in [5, 5.41) is 13.9. The van der Waals surface area contributed by atoms with E-state index in [1.165, 1.54) is 11.3 Å². The third-order valence-corrected chi connectivity index (χ3v) is 5.10. The molecule has 1 aliphatic carbocycles. The van der Waals surface area contributed by atoms with E-state index in [-0.39, 0.29) is 17.7 Å². The Balaban J connectivity index is 1.87. The van der Waals surface area contributed by atoms with Crippen LogP contribution in [0.1, 0.15) is 52.8 Å². The lowest BCUT2D eigenvalue weighted by Gasteiger charge is -2.36. The first-order valence-electron chi connectivity index (χ1n) is 8.44. The molecule has 0 spiro atoms. The Kier molecular flexibility index (Phi) is 4.78. The largest absolute Gasteiger partial charge is 0.391 e. The Morgan fingerprint density at radius 2 is 1.70 bits per heavy atom. The van der Waals surface area contributed by atoms with Gasteiger partial charge in [0, 0.05) is 6.54 Å². The minimum absolute atomic E-state index is 0.159. The molecule has 5 heteroatoms. The fraction of sp³-hybridized carbons (Fsp3) is 0.556. The molecule has 1 heterocycles. The first-order valence-corrected chi connectivity index (χ1v) is 8.44. The fourth-order valence-electron chi connectivity index (χ4n) is 3.87. The number of rotatable bonds is 5. The van der Waals surface area contributed by atoms with Crippen LogP contribution in [-0.2, 0) is 0 Å². The number of benzene rings is 1. The third kappa shape index (κ3) is 2.91. The third-order valence-electron chi connectivity index (χ3n) is 5.10. The second-order valence-corrected chi connectivity index (χ2v) is 6.54. The number of fused-ring (bicyclic) bond motifs is 1. The van der Waals surface area contributed by atoms with Crippen molar-refractivity contribution in [1.29, 1.82) is 0 Å². The van der Waals surface area contributed by atoms with Crippen molar-refractivity contribution in [2.75, 3.05) is 13.6 Å². The van der Waals surface area contributed by atoms with E-state index in [2.05, 4.69) is 5.32 Å². The number of likely N-dealkylation sites (N-methyl/N-ethyl adjacent to an activating group) is 1. The Morgan fingerprint density at radius 3 is 2.22 bits per heavy atom. The fourth-order valence-corrected chi connectivity index (χ4v) is 3.87. The van der Waals surface area contributed by atoms with Gasteiger partial charge in [0.2, 0.25) is 0 Å². The molecule has 1 aromatic rings. The quantitative estimate of drug-likeness (QED) is 0.813. The number of aliphatic hydroxyl groups is 1. The molecular formula is C18H24N2O3. The molecule has 2 aliphatic rings. The van der Waals surface area contributed by atoms with Gasteiger partial charge in [-0.1, -0.05) is 31.4 Å². The highest BCUT2D eigenvalue weighted by atomic mass is 16.3. The number of nitrogens with zero attached hydrogens (tertiary/aromatic N) is 1. The van der Waals surface area contributed by atoms with Crippen molar-refractivity contribution in [3.8, 4) is 0 Å². The van der Waals surface area contributed by atoms with Crippen LogP contribution in [0.15, 0.2) is 24.3 Å². The number of hydrogen-bond acceptors (Lipinski definition) is 4. The molecule has 0 bridgehead atoms. The van der Waals surface area contributed by atoms with Gasteiger partial charge in [0.1, 0.15) is 0 Å². The number of hydrogen-bond donors (Lipinski definition) is 2. The lowest BCUT2D eigenvalue weighted by atomic mass is 9.82. The summed E-state index contributed by atoms with van der Waals surface area (Å²) in [4.78, 5) is 26.6. The summed E-state index contributed by atoms with van der Waals surface area (Å²) in [6.07, 6.45) is 4.67. The van der Waals surface area contributed by atoms with Crippen LogP contribution in [0.2, 0.25) is 0 Å². The van der Waals surface area contributed by atoms with Crippen molar-refractivity contribution in [1.82, 2.24) is 10.2 Å². The monoisotopic (exact) mass is 316 g/mol. The molecule has 124 valence electrons. The molecule has 0 unspecified atom stereocenters. The molecule has 3 rings (SSSR count). The van der Waals surface area contributed by atoms with Gasteiger partial charge >= 0.3 is 0 Å². The molecule has 0 radical (unpaired) electrons. The second kappa shape index (κ2) is 6.81. The van der Waals surface area contributed by atoms with E-state index in [1.807, 2.05) is 0 Å². The normalized spacial score (nSPS) is 21.4. The van der Waals surface area contributed by atoms with Gasteiger partial charge in [0.15, 0.2) is 0 Å². The summed E-state index contributed by atoms with van der Waals surface area (Å²) >= 11 is 0. The summed E-state index contributed by atoms with van der Waals surface area (Å²) in [5.74, 6) is -0.423. The predicted octanol–water partition coefficient (Wildman–Crippen LogP) is 1.81. The van der Waals surface area contributed by atoms with E-state index in [0.717, 1.165) is 25.7 Å². The van der Waals surface area contributed by atoms with E-state index in [9.17, 15) is 14.7 Å². The second-order valence-electron chi connectivity index (χ2n) is 6.54. The molecule has 1 saturated carbocycles. The average Bonchev–Trinajstić information content (AvgIpc) is 2.85. The van der Waals surface area contributed by atoms with Crippen LogP contribution < -0.4 is 5.32 Å². The van der Waals surface area contributed by atoms with Crippen molar-refractivity contribution in [3.05, 3.63) is 35.4 Å². The van der Waals surface area contributed by atoms with Crippen molar-refractivity contribution in [2.45, 2.75) is 44.2 Å². The minimum atomic E-state index is -0.676. The Bertz CT molecular complexity index is 561. The van der Waals surface area contributed by atoms with Gasteiger partial charge in [0.25, 0.3) is 11.8 Å². The van der Waals surface area contributed by atoms with Gasteiger partial charge < -0.3 is 10.4 Å². The highest BCUT2D eigenvalue weighted by Gasteiger charge is 2.43. The lowest BCUT2D eigenvalue weighted by Crippen LogP contribution is -2.54. The van der Waals surface area contributed by atoms with Gasteiger partial charge in [-0.15, -0.1) is 0 Å². The summed E-state index contributed by atoms with van der Waals surface area (Å²) in [6, 6.07) is 6.37. The highest BCUT2D eigenvalue weighted by molar-refractivity contribution is 6.21. The van der Waals surface area contributed by atoms with Crippen LogP contribution in [0.4, 0.5) is 0 Å². The Labute approximate surface area is 136 Å². The SMILES string of the molecule is CNC[C@H]([C@H](O)C1CCCCC1)N1C(=O)c2ccccc2C1=O. The van der Waals surface area contributed by atoms with Crippen molar-refractivity contribution in [3.63, 3.8) is 0 Å². The van der Waals surface area contributed by atoms with Crippen LogP contribution in [0.25, 0.3) is 0 Å². The van der Waals surface area contributed by atoms with Crippen molar-refractivity contribution < 1.29 is 14.7 Å². The zero-order valence-corrected chi connectivity index (χ0v) is 13.5. The molecule has 0 aromatic heterocycles. The average molecular weight is 316 g/mol. The van der Waals surface area contributed by atoms with Crippen LogP contribution in [0.5, 0.6) is 0 Å². The summed E-state index contributed by atoms with van der Waals surface area (Å²) < 4.78 is 0. The standard InChI is InChI=1S/C18H24N2O3/c1-19-11-15(16(21)12-7-3-2-4-8-12)20-17(22)13-9-5-6-10-14(13)18(20)23/h5-6,9-10,12,15-16,19,21H,2-4,7-8,11H2,1H3/t15-,16-/m1/s1. The minimum Gasteiger partial charge on any atom is -0.391 e. The van der Waals surface area contributed by atoms with E-state index >= 15 is 0 Å². The van der Waals surface area contributed by atoms with Crippen molar-refractivity contribution in [2.24, 2.45) is 5.92 Å². The lowest BCUT2D eigenvalue weighted by molar-refractivity contribution is 0.00630. The van der Waals surface area contributed by atoms with Gasteiger partial charge in [-0.3, -0.25) is 14.5 Å². The van der Waals surface area contributed by atoms with Gasteiger partial charge in [-0.25, -0.2) is 0 Å². The Morgan fingerprint density at radius 1 is 1.13 bits per heavy atom. The maximum atomic E-state index is 12.7. The maximum absolute atomic E-state index is 12.7. The number of carbonyl (C=O) groups is 2. The van der Waals surface area contributed by atoms with Gasteiger partial charge in [-0.05, 0) is 37.9 Å². The molecule has 2 atom stereocenters. The number of imide groups is 1. The first-order chi connectivity index (χ1) is 11.1. The highest BCUT2D eigenvalue weighted by Crippen LogP contribution is 2.32. The van der Waals surface area contributed by atoms with E-state index in [4.69, 9.17) is 0 Å². The van der Waals surface area contributed by atoms with Crippen LogP contribution in [0, 0.1) is 5.92 Å². The zero-order valence-electron chi connectivity index (χ0n) is 13.5. The Hall–Kier alpha value is -1.72. The molecule has 1 aliphatic heterocycles. The molecule has 5 nitrogen and oxygen atoms in total. The molecule has 0 saturated heterocycles. The smallest absolute Gasteiger partial charge is 0.261 e. The molecule has 1 aromatic carbocycles. The number of aliphatic hydroxyl groups excluding tert-OH is 1. The van der Waals surface area contributed by atoms with E-state index in [0.29, 0.717) is 17.7 Å². The van der Waals surface area contributed by atoms with Gasteiger partial charge in [0.05, 0.1) is 23.3 Å². The first kappa shape index (κ1) is 16.1. The topological polar surface area (TPSA) is 69.6 Å². The number of amides is 2. The molecular weight excluding hydrogens is 292 g/mol. The van der Waals surface area contributed by atoms with Gasteiger partial charge in [-0.2, -0.15) is 0 Å². The number of carbonyl (C=O) groups excluding carboxylic acids is 2. The van der Waals surface area contributed by atoms with Crippen LogP contribution in [0.3, 0.4) is 0 Å².